The van der Waals surface area contributed by atoms with Crippen molar-refractivity contribution in [3.63, 3.8) is 0 Å². The first-order chi connectivity index (χ1) is 8.45. The zero-order valence-electron chi connectivity index (χ0n) is 9.60. The van der Waals surface area contributed by atoms with Crippen LogP contribution in [0.25, 0.3) is 0 Å². The maximum Gasteiger partial charge on any atom is 0.236 e. The Bertz CT molecular complexity index is 449. The zero-order valence-corrected chi connectivity index (χ0v) is 10.4. The number of carbonyl (C=O) groups is 2. The normalized spacial score (nSPS) is 10.1. The molecule has 98 valence electrons. The van der Waals surface area contributed by atoms with Gasteiger partial charge in [-0.2, -0.15) is 0 Å². The average molecular weight is 272 g/mol. The van der Waals surface area contributed by atoms with Crippen molar-refractivity contribution in [1.82, 2.24) is 0 Å². The second-order valence-corrected chi connectivity index (χ2v) is 4.10. The predicted octanol–water partition coefficient (Wildman–Crippen LogP) is -0.391. The van der Waals surface area contributed by atoms with Crippen LogP contribution in [-0.4, -0.2) is 30.0 Å². The zero-order chi connectivity index (χ0) is 13.7. The second kappa shape index (κ2) is 6.23. The molecule has 0 radical (unpaired) electrons. The highest BCUT2D eigenvalue weighted by molar-refractivity contribution is 6.33. The number of hydrogen-bond donors (Lipinski definition) is 3. The summed E-state index contributed by atoms with van der Waals surface area (Å²) in [4.78, 5) is 23.3. The van der Waals surface area contributed by atoms with Gasteiger partial charge in [-0.3, -0.25) is 9.59 Å². The number of benzene rings is 1. The van der Waals surface area contributed by atoms with Crippen LogP contribution in [-0.2, 0) is 16.2 Å². The number of halogens is 1. The van der Waals surface area contributed by atoms with Crippen LogP contribution in [0, 0.1) is 0 Å². The predicted molar refractivity (Wildman–Crippen MR) is 68.0 cm³/mol. The Morgan fingerprint density at radius 1 is 1.22 bits per heavy atom. The van der Waals surface area contributed by atoms with E-state index in [-0.39, 0.29) is 19.7 Å². The molecule has 5 N–H and O–H groups in total. The Hall–Kier alpha value is -1.79. The molecular weight excluding hydrogens is 258 g/mol. The number of amides is 2. The summed E-state index contributed by atoms with van der Waals surface area (Å²) in [7, 11) is 0. The largest absolute Gasteiger partial charge is 0.392 e. The molecule has 0 aromatic heterocycles. The summed E-state index contributed by atoms with van der Waals surface area (Å²) in [5, 5.41) is 9.55. The van der Waals surface area contributed by atoms with Crippen LogP contribution in [0.2, 0.25) is 5.02 Å². The standard InChI is InChI=1S/C11H14ClN3O3/c12-8-3-1-2-7(6-16)11(8)15(4-9(13)17)5-10(14)18/h1-3,16H,4-6H2,(H2,13,17)(H2,14,18). The van der Waals surface area contributed by atoms with E-state index >= 15 is 0 Å². The molecule has 0 heterocycles. The molecule has 1 rings (SSSR count). The number of nitrogens with zero attached hydrogens (tertiary/aromatic N) is 1. The van der Waals surface area contributed by atoms with E-state index in [2.05, 4.69) is 0 Å². The number of aliphatic hydroxyl groups excluding tert-OH is 1. The summed E-state index contributed by atoms with van der Waals surface area (Å²) in [6, 6.07) is 4.88. The van der Waals surface area contributed by atoms with Crippen molar-refractivity contribution < 1.29 is 14.7 Å². The highest BCUT2D eigenvalue weighted by Crippen LogP contribution is 2.29. The quantitative estimate of drug-likeness (QED) is 0.654. The lowest BCUT2D eigenvalue weighted by atomic mass is 10.1. The van der Waals surface area contributed by atoms with Crippen LogP contribution in [0.1, 0.15) is 5.56 Å². The summed E-state index contributed by atoms with van der Waals surface area (Å²) in [5.74, 6) is -1.25. The van der Waals surface area contributed by atoms with Gasteiger partial charge in [0.1, 0.15) is 0 Å². The van der Waals surface area contributed by atoms with E-state index in [1.165, 1.54) is 4.90 Å². The SMILES string of the molecule is NC(=O)CN(CC(N)=O)c1c(Cl)cccc1CO. The topological polar surface area (TPSA) is 110 Å². The molecule has 0 saturated carbocycles. The van der Waals surface area contributed by atoms with E-state index in [9.17, 15) is 14.7 Å². The highest BCUT2D eigenvalue weighted by atomic mass is 35.5. The van der Waals surface area contributed by atoms with Crippen LogP contribution >= 0.6 is 11.6 Å². The fourth-order valence-corrected chi connectivity index (χ4v) is 1.95. The van der Waals surface area contributed by atoms with Crippen LogP contribution in [0.3, 0.4) is 0 Å². The minimum absolute atomic E-state index is 0.209. The number of aliphatic hydroxyl groups is 1. The first kappa shape index (κ1) is 14.3. The number of para-hydroxylation sites is 1. The molecule has 7 heteroatoms. The first-order valence-corrected chi connectivity index (χ1v) is 5.53. The molecular formula is C11H14ClN3O3. The van der Waals surface area contributed by atoms with Crippen LogP contribution < -0.4 is 16.4 Å². The maximum absolute atomic E-state index is 11.0. The summed E-state index contributed by atoms with van der Waals surface area (Å²) in [5.41, 5.74) is 11.1. The smallest absolute Gasteiger partial charge is 0.236 e. The lowest BCUT2D eigenvalue weighted by Crippen LogP contribution is -2.40. The van der Waals surface area contributed by atoms with Crippen LogP contribution in [0.5, 0.6) is 0 Å². The average Bonchev–Trinajstić information content (AvgIpc) is 2.26. The van der Waals surface area contributed by atoms with Crippen molar-refractivity contribution in [2.24, 2.45) is 11.5 Å². The summed E-state index contributed by atoms with van der Waals surface area (Å²) < 4.78 is 0. The van der Waals surface area contributed by atoms with Crippen molar-refractivity contribution in [3.8, 4) is 0 Å². The van der Waals surface area contributed by atoms with Gasteiger partial charge in [0.15, 0.2) is 0 Å². The fraction of sp³-hybridized carbons (Fsp3) is 0.273. The van der Waals surface area contributed by atoms with Crippen molar-refractivity contribution >= 4 is 29.1 Å². The Balaban J connectivity index is 3.18. The summed E-state index contributed by atoms with van der Waals surface area (Å²) in [6.45, 7) is -0.691. The highest BCUT2D eigenvalue weighted by Gasteiger charge is 2.18. The summed E-state index contributed by atoms with van der Waals surface area (Å²) in [6.07, 6.45) is 0. The van der Waals surface area contributed by atoms with Gasteiger partial charge >= 0.3 is 0 Å². The first-order valence-electron chi connectivity index (χ1n) is 5.15. The van der Waals surface area contributed by atoms with Crippen molar-refractivity contribution in [2.75, 3.05) is 18.0 Å². The summed E-state index contributed by atoms with van der Waals surface area (Å²) >= 11 is 6.01. The van der Waals surface area contributed by atoms with Gasteiger partial charge < -0.3 is 21.5 Å². The Labute approximate surface area is 109 Å². The molecule has 0 saturated heterocycles. The molecule has 0 atom stereocenters. The molecule has 0 aliphatic carbocycles. The van der Waals surface area contributed by atoms with E-state index in [0.29, 0.717) is 16.3 Å². The number of primary amides is 2. The van der Waals surface area contributed by atoms with Gasteiger partial charge in [-0.1, -0.05) is 23.7 Å². The Morgan fingerprint density at radius 3 is 2.22 bits per heavy atom. The molecule has 1 aromatic carbocycles. The maximum atomic E-state index is 11.0. The van der Waals surface area contributed by atoms with E-state index in [0.717, 1.165) is 0 Å². The van der Waals surface area contributed by atoms with Gasteiger partial charge in [0, 0.05) is 5.56 Å². The molecule has 18 heavy (non-hydrogen) atoms. The molecule has 0 aliphatic heterocycles. The number of rotatable bonds is 6. The Morgan fingerprint density at radius 2 is 1.78 bits per heavy atom. The third-order valence-corrected chi connectivity index (χ3v) is 2.56. The van der Waals surface area contributed by atoms with Crippen LogP contribution in [0.4, 0.5) is 5.69 Å². The van der Waals surface area contributed by atoms with E-state index < -0.39 is 11.8 Å². The van der Waals surface area contributed by atoms with Crippen molar-refractivity contribution in [3.05, 3.63) is 28.8 Å². The van der Waals surface area contributed by atoms with E-state index in [4.69, 9.17) is 23.1 Å². The number of hydrogen-bond acceptors (Lipinski definition) is 4. The van der Waals surface area contributed by atoms with Gasteiger partial charge in [-0.25, -0.2) is 0 Å². The molecule has 1 aromatic rings. The van der Waals surface area contributed by atoms with Gasteiger partial charge in [0.25, 0.3) is 0 Å². The van der Waals surface area contributed by atoms with Gasteiger partial charge in [-0.05, 0) is 6.07 Å². The molecule has 2 amide bonds. The third kappa shape index (κ3) is 3.61. The third-order valence-electron chi connectivity index (χ3n) is 2.25. The van der Waals surface area contributed by atoms with Gasteiger partial charge in [-0.15, -0.1) is 0 Å². The second-order valence-electron chi connectivity index (χ2n) is 3.69. The van der Waals surface area contributed by atoms with Gasteiger partial charge in [0.2, 0.25) is 11.8 Å². The molecule has 0 fully saturated rings. The van der Waals surface area contributed by atoms with Gasteiger partial charge in [0.05, 0.1) is 30.4 Å². The fourth-order valence-electron chi connectivity index (χ4n) is 1.63. The molecule has 0 unspecified atom stereocenters. The monoisotopic (exact) mass is 271 g/mol. The molecule has 0 spiro atoms. The molecule has 0 bridgehead atoms. The molecule has 6 nitrogen and oxygen atoms in total. The minimum Gasteiger partial charge on any atom is -0.392 e. The Kier molecular flexibility index (Phi) is 4.94. The lowest BCUT2D eigenvalue weighted by Gasteiger charge is -2.25. The lowest BCUT2D eigenvalue weighted by molar-refractivity contribution is -0.117. The van der Waals surface area contributed by atoms with Crippen molar-refractivity contribution in [2.45, 2.75) is 6.61 Å². The van der Waals surface area contributed by atoms with E-state index in [1.54, 1.807) is 18.2 Å². The number of anilines is 1. The number of nitrogens with two attached hydrogens (primary N) is 2. The number of carbonyl (C=O) groups excluding carboxylic acids is 2. The van der Waals surface area contributed by atoms with Crippen LogP contribution in [0.15, 0.2) is 18.2 Å². The van der Waals surface area contributed by atoms with E-state index in [1.807, 2.05) is 0 Å². The minimum atomic E-state index is -0.625. The molecule has 0 aliphatic rings. The van der Waals surface area contributed by atoms with Crippen molar-refractivity contribution in [1.29, 1.82) is 0 Å².